The second kappa shape index (κ2) is 23.2. The van der Waals surface area contributed by atoms with Crippen molar-refractivity contribution in [3.05, 3.63) is 0 Å². The van der Waals surface area contributed by atoms with Crippen LogP contribution in [0.4, 0.5) is 0 Å². The quantitative estimate of drug-likeness (QED) is 0.205. The molecule has 0 aliphatic rings. The zero-order chi connectivity index (χ0) is 13.5. The maximum absolute atomic E-state index is 8.62. The van der Waals surface area contributed by atoms with Crippen molar-refractivity contribution in [2.24, 2.45) is 0 Å². The van der Waals surface area contributed by atoms with Gasteiger partial charge in [-0.25, -0.2) is 0 Å². The minimum absolute atomic E-state index is 0. The fraction of sp³-hybridized carbons (Fsp3) is 0. The summed E-state index contributed by atoms with van der Waals surface area (Å²) in [6, 6.07) is 0. The van der Waals surface area contributed by atoms with Crippen LogP contribution >= 0.6 is 0 Å². The number of rotatable bonds is 0. The van der Waals surface area contributed by atoms with Crippen molar-refractivity contribution in [3.63, 3.8) is 0 Å². The molecule has 100 valence electrons. The molecular weight excluding hydrogens is 896 g/mol. The molecule has 0 unspecified atom stereocenters. The second-order valence-corrected chi connectivity index (χ2v) is 6.18. The first-order chi connectivity index (χ1) is 6.00. The Labute approximate surface area is 258 Å². The minimum atomic E-state index is -6.00. The molecule has 0 heterocycles. The van der Waals surface area contributed by atoms with Crippen molar-refractivity contribution >= 4 is 0 Å². The van der Waals surface area contributed by atoms with Gasteiger partial charge in [-0.2, -0.15) is 0 Å². The zero-order valence-corrected chi connectivity index (χ0v) is 25.6. The van der Waals surface area contributed by atoms with Crippen molar-refractivity contribution in [2.75, 3.05) is 0 Å². The van der Waals surface area contributed by atoms with E-state index >= 15 is 0 Å². The van der Waals surface area contributed by atoms with Crippen molar-refractivity contribution in [3.8, 4) is 0 Å². The molecule has 0 fully saturated rings. The molecule has 19 heavy (non-hydrogen) atoms. The average Bonchev–Trinajstić information content (AvgIpc) is 1.41. The van der Waals surface area contributed by atoms with Crippen LogP contribution in [0.25, 0.3) is 0 Å². The topological polar surface area (TPSA) is 277 Å². The van der Waals surface area contributed by atoms with E-state index in [1.807, 2.05) is 0 Å². The molecular formula is Ce4O12Ti3. The van der Waals surface area contributed by atoms with Crippen LogP contribution in [-0.4, -0.2) is 0 Å². The molecule has 0 N–H and O–H groups in total. The molecule has 4 radical (unpaired) electrons. The van der Waals surface area contributed by atoms with Gasteiger partial charge in [0, 0.05) is 0 Å². The third kappa shape index (κ3) is 263. The van der Waals surface area contributed by atoms with E-state index < -0.39 is 54.4 Å². The third-order valence-electron chi connectivity index (χ3n) is 0. The summed E-state index contributed by atoms with van der Waals surface area (Å²) in [6.07, 6.45) is 0. The number of hydrogen-bond acceptors (Lipinski definition) is 12. The average molecular weight is 896 g/mol. The Morgan fingerprint density at radius 2 is 0.263 bits per heavy atom. The zero-order valence-electron chi connectivity index (χ0n) is 8.40. The summed E-state index contributed by atoms with van der Waals surface area (Å²) in [5.41, 5.74) is 0. The Kier molecular flexibility index (Phi) is 55.1. The van der Waals surface area contributed by atoms with E-state index in [-0.39, 0.29) is 167 Å². The van der Waals surface area contributed by atoms with E-state index in [0.29, 0.717) is 0 Å². The van der Waals surface area contributed by atoms with Crippen LogP contribution in [0, 0.1) is 167 Å². The summed E-state index contributed by atoms with van der Waals surface area (Å²) < 4.78 is 104. The number of hydrogen-bond donors (Lipinski definition) is 0. The van der Waals surface area contributed by atoms with Gasteiger partial charge in [-0.05, 0) is 0 Å². The SMILES string of the molecule is [Ce+3].[Ce+3].[Ce+3].[Ce+3].[O-][Ti]([O-])([O-])[O-].[O-][Ti]([O-])([O-])[O-].[O-][Ti]([O-])([O-])[O-]. The molecule has 0 aliphatic carbocycles. The molecule has 0 saturated carbocycles. The predicted molar refractivity (Wildman–Crippen MR) is 0 cm³/mol. The van der Waals surface area contributed by atoms with E-state index in [1.165, 1.54) is 0 Å². The van der Waals surface area contributed by atoms with Crippen LogP contribution in [0.1, 0.15) is 0 Å². The molecule has 19 heteroatoms. The molecule has 0 bridgehead atoms. The van der Waals surface area contributed by atoms with Gasteiger partial charge < -0.3 is 0 Å². The molecule has 0 aromatic rings. The van der Waals surface area contributed by atoms with Crippen molar-refractivity contribution < 1.29 is 266 Å². The summed E-state index contributed by atoms with van der Waals surface area (Å²) >= 11 is -18.0. The van der Waals surface area contributed by atoms with Gasteiger partial charge in [-0.1, -0.05) is 0 Å². The maximum atomic E-state index is 8.62. The van der Waals surface area contributed by atoms with Crippen LogP contribution in [0.5, 0.6) is 0 Å². The summed E-state index contributed by atoms with van der Waals surface area (Å²) in [6.45, 7) is 0. The van der Waals surface area contributed by atoms with Crippen LogP contribution in [-0.2, 0) is 54.4 Å². The van der Waals surface area contributed by atoms with Gasteiger partial charge in [-0.3, -0.25) is 0 Å². The Morgan fingerprint density at radius 1 is 0.263 bits per heavy atom. The molecule has 0 atom stereocenters. The van der Waals surface area contributed by atoms with Crippen molar-refractivity contribution in [1.29, 1.82) is 0 Å². The fourth-order valence-electron chi connectivity index (χ4n) is 0. The van der Waals surface area contributed by atoms with Gasteiger partial charge in [-0.15, -0.1) is 0 Å². The van der Waals surface area contributed by atoms with E-state index in [9.17, 15) is 0 Å². The first kappa shape index (κ1) is 45.1. The van der Waals surface area contributed by atoms with Crippen LogP contribution < -0.4 is 44.3 Å². The van der Waals surface area contributed by atoms with Gasteiger partial charge in [0.25, 0.3) is 0 Å². The summed E-state index contributed by atoms with van der Waals surface area (Å²) in [5, 5.41) is 0. The van der Waals surface area contributed by atoms with E-state index in [4.69, 9.17) is 44.3 Å². The van der Waals surface area contributed by atoms with E-state index in [1.54, 1.807) is 0 Å². The normalized spacial score (nSPS) is 9.47. The molecule has 0 aromatic heterocycles. The van der Waals surface area contributed by atoms with E-state index in [2.05, 4.69) is 0 Å². The first-order valence-corrected chi connectivity index (χ1v) is 10.1. The Bertz CT molecular complexity index is 100.0. The monoisotopic (exact) mass is 895 g/mol. The standard InChI is InChI=1S/4Ce.12O.3Ti/q4*+3;12*-1;;;. The Hall–Kier alpha value is 7.17. The molecule has 12 nitrogen and oxygen atoms in total. The molecule has 0 amide bonds. The second-order valence-electron chi connectivity index (χ2n) is 1.50. The molecule has 0 saturated heterocycles. The van der Waals surface area contributed by atoms with Crippen molar-refractivity contribution in [2.45, 2.75) is 0 Å². The van der Waals surface area contributed by atoms with Crippen LogP contribution in [0.15, 0.2) is 0 Å². The first-order valence-electron chi connectivity index (χ1n) is 2.45. The van der Waals surface area contributed by atoms with Crippen molar-refractivity contribution in [1.82, 2.24) is 0 Å². The molecule has 0 rings (SSSR count). The van der Waals surface area contributed by atoms with Crippen LogP contribution in [0.3, 0.4) is 0 Å². The van der Waals surface area contributed by atoms with Gasteiger partial charge in [0.1, 0.15) is 0 Å². The summed E-state index contributed by atoms with van der Waals surface area (Å²) in [5.74, 6) is 0. The van der Waals surface area contributed by atoms with Crippen LogP contribution in [0.2, 0.25) is 0 Å². The molecule has 0 spiro atoms. The fourth-order valence-corrected chi connectivity index (χ4v) is 0. The molecule has 0 aromatic carbocycles. The van der Waals surface area contributed by atoms with Gasteiger partial charge in [0.2, 0.25) is 0 Å². The van der Waals surface area contributed by atoms with Gasteiger partial charge in [0.05, 0.1) is 0 Å². The summed E-state index contributed by atoms with van der Waals surface area (Å²) in [4.78, 5) is 0. The predicted octanol–water partition coefficient (Wildman–Crippen LogP) is -14.3. The Balaban J connectivity index is -0.0000000206. The van der Waals surface area contributed by atoms with Gasteiger partial charge in [0.15, 0.2) is 0 Å². The van der Waals surface area contributed by atoms with Gasteiger partial charge >= 0.3 is 266 Å². The molecule has 0 aliphatic heterocycles. The van der Waals surface area contributed by atoms with E-state index in [0.717, 1.165) is 0 Å². The third-order valence-corrected chi connectivity index (χ3v) is 0. The Morgan fingerprint density at radius 3 is 0.263 bits per heavy atom. The summed E-state index contributed by atoms with van der Waals surface area (Å²) in [7, 11) is 0.